The van der Waals surface area contributed by atoms with E-state index in [-0.39, 0.29) is 11.7 Å². The fraction of sp³-hybridized carbons (Fsp3) is 0.500. The minimum absolute atomic E-state index is 0.0120. The van der Waals surface area contributed by atoms with Crippen LogP contribution in [0.2, 0.25) is 0 Å². The quantitative estimate of drug-likeness (QED) is 0.294. The summed E-state index contributed by atoms with van der Waals surface area (Å²) < 4.78 is 9.07. The number of rotatable bonds is 7. The van der Waals surface area contributed by atoms with Gasteiger partial charge in [-0.1, -0.05) is 12.5 Å². The molecule has 0 unspecified atom stereocenters. The van der Waals surface area contributed by atoms with E-state index >= 15 is 0 Å². The largest absolute Gasteiger partial charge is 0.381 e. The lowest BCUT2D eigenvalue weighted by Crippen LogP contribution is -2.31. The normalized spacial score (nSPS) is 17.4. The van der Waals surface area contributed by atoms with Crippen molar-refractivity contribution in [1.82, 2.24) is 34.0 Å². The molecule has 0 aliphatic carbocycles. The third-order valence-electron chi connectivity index (χ3n) is 7.38. The van der Waals surface area contributed by atoms with Crippen LogP contribution in [0.1, 0.15) is 44.6 Å². The summed E-state index contributed by atoms with van der Waals surface area (Å²) in [5.74, 6) is 1.01. The molecule has 0 radical (unpaired) electrons. The van der Waals surface area contributed by atoms with Crippen molar-refractivity contribution in [2.75, 3.05) is 44.7 Å². The zero-order valence-electron chi connectivity index (χ0n) is 20.8. The summed E-state index contributed by atoms with van der Waals surface area (Å²) >= 11 is 0. The van der Waals surface area contributed by atoms with Crippen molar-refractivity contribution in [2.45, 2.75) is 44.6 Å². The minimum atomic E-state index is -0.185. The summed E-state index contributed by atoms with van der Waals surface area (Å²) in [6, 6.07) is 5.38. The van der Waals surface area contributed by atoms with Gasteiger partial charge in [-0.25, -0.2) is 14.6 Å². The molecule has 11 heteroatoms. The van der Waals surface area contributed by atoms with Crippen molar-refractivity contribution in [2.24, 2.45) is 0 Å². The van der Waals surface area contributed by atoms with Crippen molar-refractivity contribution in [3.05, 3.63) is 46.4 Å². The molecule has 4 aromatic rings. The Balaban J connectivity index is 1.38. The van der Waals surface area contributed by atoms with Crippen LogP contribution in [0.5, 0.6) is 0 Å². The van der Waals surface area contributed by atoms with Gasteiger partial charge in [0, 0.05) is 25.8 Å². The highest BCUT2D eigenvalue weighted by Gasteiger charge is 2.24. The Morgan fingerprint density at radius 2 is 2.00 bits per heavy atom. The molecule has 0 amide bonds. The number of piperidine rings is 1. The summed E-state index contributed by atoms with van der Waals surface area (Å²) in [7, 11) is 0. The highest BCUT2D eigenvalue weighted by atomic mass is 16.5. The highest BCUT2D eigenvalue weighted by molar-refractivity contribution is 5.85. The molecule has 2 N–H and O–H groups in total. The third kappa shape index (κ3) is 4.70. The van der Waals surface area contributed by atoms with Crippen LogP contribution < -0.4 is 11.0 Å². The summed E-state index contributed by atoms with van der Waals surface area (Å²) in [5, 5.41) is 3.48. The monoisotopic (exact) mass is 501 g/mol. The molecule has 3 aromatic heterocycles. The SMILES string of the molecule is [C-]#[N+]c1ccc2ncn(-c3nc(NCCCN4CCCCC4)c4[nH]c(=O)n(C5CCOCC5)c4n3)c2c1. The van der Waals surface area contributed by atoms with Crippen LogP contribution in [0.4, 0.5) is 11.5 Å². The van der Waals surface area contributed by atoms with Gasteiger partial charge in [0.1, 0.15) is 11.8 Å². The summed E-state index contributed by atoms with van der Waals surface area (Å²) in [6.07, 6.45) is 8.04. The Morgan fingerprint density at radius 3 is 2.81 bits per heavy atom. The van der Waals surface area contributed by atoms with Crippen LogP contribution in [-0.2, 0) is 4.74 Å². The molecule has 0 atom stereocenters. The molecular formula is C26H31N9O2. The molecule has 1 aromatic carbocycles. The molecular weight excluding hydrogens is 470 g/mol. The van der Waals surface area contributed by atoms with Crippen LogP contribution >= 0.6 is 0 Å². The average Bonchev–Trinajstić information content (AvgIpc) is 3.52. The zero-order chi connectivity index (χ0) is 25.2. The Kier molecular flexibility index (Phi) is 6.59. The standard InChI is InChI=1S/C26H31N9O2/c1-27-18-6-7-20-21(16-18)34(17-29-20)25-31-23(28-10-5-13-33-11-3-2-4-12-33)22-24(32-25)35(26(36)30-22)19-8-14-37-15-9-19/h6-7,16-17,19H,2-5,8-15H2,(H,30,36)(H,28,31,32). The lowest BCUT2D eigenvalue weighted by Gasteiger charge is -2.26. The number of ether oxygens (including phenoxy) is 1. The number of likely N-dealkylation sites (tertiary alicyclic amines) is 1. The minimum Gasteiger partial charge on any atom is -0.381 e. The summed E-state index contributed by atoms with van der Waals surface area (Å²) in [5.41, 5.74) is 3.03. The fourth-order valence-electron chi connectivity index (χ4n) is 5.43. The first kappa shape index (κ1) is 23.6. The maximum atomic E-state index is 13.1. The van der Waals surface area contributed by atoms with Crippen molar-refractivity contribution in [1.29, 1.82) is 0 Å². The fourth-order valence-corrected chi connectivity index (χ4v) is 5.43. The number of hydrogen-bond acceptors (Lipinski definition) is 7. The average molecular weight is 502 g/mol. The van der Waals surface area contributed by atoms with Gasteiger partial charge in [0.05, 0.1) is 17.6 Å². The predicted molar refractivity (Wildman–Crippen MR) is 142 cm³/mol. The van der Waals surface area contributed by atoms with E-state index in [2.05, 4.69) is 25.0 Å². The van der Waals surface area contributed by atoms with E-state index in [0.717, 1.165) is 43.4 Å². The van der Waals surface area contributed by atoms with Crippen LogP contribution in [0.15, 0.2) is 29.3 Å². The van der Waals surface area contributed by atoms with E-state index in [1.54, 1.807) is 27.6 Å². The van der Waals surface area contributed by atoms with Gasteiger partial charge < -0.3 is 19.9 Å². The number of anilines is 1. The van der Waals surface area contributed by atoms with E-state index in [0.29, 0.717) is 41.8 Å². The van der Waals surface area contributed by atoms with Crippen molar-refractivity contribution < 1.29 is 4.74 Å². The van der Waals surface area contributed by atoms with Gasteiger partial charge in [-0.3, -0.25) is 9.13 Å². The molecule has 2 fully saturated rings. The number of nitrogens with one attached hydrogen (secondary N) is 2. The predicted octanol–water partition coefficient (Wildman–Crippen LogP) is 3.65. The van der Waals surface area contributed by atoms with E-state index < -0.39 is 0 Å². The van der Waals surface area contributed by atoms with Gasteiger partial charge in [0.15, 0.2) is 17.2 Å². The van der Waals surface area contributed by atoms with Gasteiger partial charge in [-0.05, 0) is 63.9 Å². The molecule has 0 spiro atoms. The second-order valence-corrected chi connectivity index (χ2v) is 9.80. The van der Waals surface area contributed by atoms with Gasteiger partial charge in [0.2, 0.25) is 5.95 Å². The van der Waals surface area contributed by atoms with Crippen LogP contribution in [0.3, 0.4) is 0 Å². The Morgan fingerprint density at radius 1 is 1.16 bits per heavy atom. The topological polar surface area (TPSA) is 110 Å². The van der Waals surface area contributed by atoms with Gasteiger partial charge in [-0.2, -0.15) is 9.97 Å². The molecule has 11 nitrogen and oxygen atoms in total. The first-order valence-electron chi connectivity index (χ1n) is 13.1. The van der Waals surface area contributed by atoms with Crippen molar-refractivity contribution >= 4 is 33.7 Å². The zero-order valence-corrected chi connectivity index (χ0v) is 20.8. The Labute approximate surface area is 214 Å². The van der Waals surface area contributed by atoms with Gasteiger partial charge in [-0.15, -0.1) is 0 Å². The number of aromatic nitrogens is 6. The van der Waals surface area contributed by atoms with Crippen molar-refractivity contribution in [3.63, 3.8) is 0 Å². The molecule has 37 heavy (non-hydrogen) atoms. The number of imidazole rings is 2. The molecule has 5 heterocycles. The van der Waals surface area contributed by atoms with E-state index in [1.165, 1.54) is 32.4 Å². The molecule has 192 valence electrons. The van der Waals surface area contributed by atoms with Crippen LogP contribution in [0.25, 0.3) is 33.0 Å². The lowest BCUT2D eigenvalue weighted by atomic mass is 10.1. The lowest BCUT2D eigenvalue weighted by molar-refractivity contribution is 0.0697. The summed E-state index contributed by atoms with van der Waals surface area (Å²) in [6.45, 7) is 12.8. The first-order valence-corrected chi connectivity index (χ1v) is 13.1. The number of hydrogen-bond donors (Lipinski definition) is 2. The van der Waals surface area contributed by atoms with Gasteiger partial charge in [0.25, 0.3) is 0 Å². The number of fused-ring (bicyclic) bond motifs is 2. The van der Waals surface area contributed by atoms with Crippen LogP contribution in [0, 0.1) is 6.57 Å². The molecule has 0 bridgehead atoms. The number of benzene rings is 1. The second kappa shape index (κ2) is 10.3. The maximum absolute atomic E-state index is 13.1. The Hall–Kier alpha value is -3.75. The second-order valence-electron chi connectivity index (χ2n) is 9.80. The Bertz CT molecular complexity index is 1500. The number of H-pyrrole nitrogens is 1. The molecule has 2 aliphatic heterocycles. The van der Waals surface area contributed by atoms with Crippen molar-refractivity contribution in [3.8, 4) is 5.95 Å². The van der Waals surface area contributed by atoms with Gasteiger partial charge >= 0.3 is 5.69 Å². The smallest absolute Gasteiger partial charge is 0.328 e. The first-order chi connectivity index (χ1) is 18.2. The highest BCUT2D eigenvalue weighted by Crippen LogP contribution is 2.28. The molecule has 6 rings (SSSR count). The number of nitrogens with zero attached hydrogens (tertiary/aromatic N) is 7. The molecule has 0 saturated carbocycles. The molecule has 2 aliphatic rings. The van der Waals surface area contributed by atoms with E-state index in [9.17, 15) is 4.79 Å². The van der Waals surface area contributed by atoms with E-state index in [1.807, 2.05) is 6.07 Å². The molecule has 2 saturated heterocycles. The summed E-state index contributed by atoms with van der Waals surface area (Å²) in [4.78, 5) is 36.4. The third-order valence-corrected chi connectivity index (χ3v) is 7.38. The maximum Gasteiger partial charge on any atom is 0.328 e. The van der Waals surface area contributed by atoms with E-state index in [4.69, 9.17) is 21.3 Å². The van der Waals surface area contributed by atoms with Crippen LogP contribution in [-0.4, -0.2) is 73.4 Å². The number of aromatic amines is 1.